The maximum atomic E-state index is 12.7. The van der Waals surface area contributed by atoms with Crippen LogP contribution in [-0.4, -0.2) is 37.5 Å². The molecule has 0 heterocycles. The van der Waals surface area contributed by atoms with Gasteiger partial charge >= 0.3 is 5.97 Å². The lowest BCUT2D eigenvalue weighted by Gasteiger charge is -2.61. The van der Waals surface area contributed by atoms with Crippen LogP contribution < -0.4 is 0 Å². The fourth-order valence-electron chi connectivity index (χ4n) is 5.20. The fourth-order valence-corrected chi connectivity index (χ4v) is 5.20. The number of esters is 1. The maximum Gasteiger partial charge on any atom is 0.312 e. The van der Waals surface area contributed by atoms with Crippen LogP contribution in [0.4, 0.5) is 0 Å². The second kappa shape index (κ2) is 6.03. The minimum atomic E-state index is -0.395. The Kier molecular flexibility index (Phi) is 4.52. The number of methoxy groups -OCH3 is 1. The molecule has 4 aliphatic rings. The molecule has 23 heavy (non-hydrogen) atoms. The third-order valence-electron chi connectivity index (χ3n) is 6.40. The normalized spacial score (nSPS) is 38.8. The van der Waals surface area contributed by atoms with E-state index >= 15 is 0 Å². The van der Waals surface area contributed by atoms with E-state index in [1.807, 2.05) is 13.8 Å². The number of carbonyl (C=O) groups excluding carboxylic acids is 1. The van der Waals surface area contributed by atoms with Crippen molar-refractivity contribution in [3.05, 3.63) is 0 Å². The van der Waals surface area contributed by atoms with Gasteiger partial charge in [0.25, 0.3) is 0 Å². The lowest BCUT2D eigenvalue weighted by Crippen LogP contribution is -2.62. The standard InChI is InChI=1S/C19H32O4/c1-5-17(2,3)16(20)23-19-11-14-8-15(12-19)10-18(9-14,13-19)22-7-6-21-4/h14-15H,5-13H2,1-4H3. The monoisotopic (exact) mass is 324 g/mol. The molecule has 4 rings (SSSR count). The molecule has 4 aliphatic carbocycles. The van der Waals surface area contributed by atoms with Gasteiger partial charge in [0.2, 0.25) is 0 Å². The molecule has 2 atom stereocenters. The third-order valence-corrected chi connectivity index (χ3v) is 6.40. The minimum absolute atomic E-state index is 0.0333. The van der Waals surface area contributed by atoms with Gasteiger partial charge in [0.1, 0.15) is 5.60 Å². The van der Waals surface area contributed by atoms with E-state index in [9.17, 15) is 4.79 Å². The molecule has 0 aromatic heterocycles. The minimum Gasteiger partial charge on any atom is -0.459 e. The van der Waals surface area contributed by atoms with Crippen LogP contribution in [0.3, 0.4) is 0 Å². The van der Waals surface area contributed by atoms with E-state index in [2.05, 4.69) is 6.92 Å². The van der Waals surface area contributed by atoms with Crippen molar-refractivity contribution in [3.63, 3.8) is 0 Å². The highest BCUT2D eigenvalue weighted by molar-refractivity contribution is 5.76. The predicted molar refractivity (Wildman–Crippen MR) is 88.1 cm³/mol. The van der Waals surface area contributed by atoms with Gasteiger partial charge in [0, 0.05) is 13.5 Å². The Morgan fingerprint density at radius 3 is 2.26 bits per heavy atom. The number of ether oxygens (including phenoxy) is 3. The molecular formula is C19H32O4. The van der Waals surface area contributed by atoms with Crippen molar-refractivity contribution in [2.75, 3.05) is 20.3 Å². The van der Waals surface area contributed by atoms with Crippen LogP contribution in [0, 0.1) is 17.3 Å². The molecule has 4 saturated carbocycles. The summed E-state index contributed by atoms with van der Waals surface area (Å²) in [7, 11) is 1.71. The van der Waals surface area contributed by atoms with Crippen molar-refractivity contribution >= 4 is 5.97 Å². The first-order valence-corrected chi connectivity index (χ1v) is 9.18. The first-order chi connectivity index (χ1) is 10.8. The SMILES string of the molecule is CCC(C)(C)C(=O)OC12CC3CC(CC(OCCOC)(C3)C1)C2. The Bertz CT molecular complexity index is 442. The Morgan fingerprint density at radius 2 is 1.70 bits per heavy atom. The van der Waals surface area contributed by atoms with Crippen molar-refractivity contribution in [1.82, 2.24) is 0 Å². The van der Waals surface area contributed by atoms with Gasteiger partial charge in [0.15, 0.2) is 0 Å². The Labute approximate surface area is 140 Å². The van der Waals surface area contributed by atoms with Crippen LogP contribution in [0.5, 0.6) is 0 Å². The van der Waals surface area contributed by atoms with Gasteiger partial charge in [-0.1, -0.05) is 6.92 Å². The lowest BCUT2D eigenvalue weighted by molar-refractivity contribution is -0.239. The first-order valence-electron chi connectivity index (χ1n) is 9.18. The van der Waals surface area contributed by atoms with E-state index in [1.165, 1.54) is 6.42 Å². The number of hydrogen-bond donors (Lipinski definition) is 0. The van der Waals surface area contributed by atoms with E-state index in [-0.39, 0.29) is 17.2 Å². The van der Waals surface area contributed by atoms with Crippen molar-refractivity contribution in [2.24, 2.45) is 17.3 Å². The van der Waals surface area contributed by atoms with Gasteiger partial charge in [-0.05, 0) is 64.2 Å². The van der Waals surface area contributed by atoms with Crippen molar-refractivity contribution in [1.29, 1.82) is 0 Å². The van der Waals surface area contributed by atoms with E-state index in [0.717, 1.165) is 38.5 Å². The topological polar surface area (TPSA) is 44.8 Å². The molecule has 4 heteroatoms. The van der Waals surface area contributed by atoms with Gasteiger partial charge in [-0.15, -0.1) is 0 Å². The predicted octanol–water partition coefficient (Wildman–Crippen LogP) is 3.72. The van der Waals surface area contributed by atoms with Gasteiger partial charge in [0.05, 0.1) is 24.2 Å². The average molecular weight is 324 g/mol. The third kappa shape index (κ3) is 3.30. The highest BCUT2D eigenvalue weighted by Crippen LogP contribution is 2.60. The van der Waals surface area contributed by atoms with Crippen LogP contribution in [0.2, 0.25) is 0 Å². The number of carbonyl (C=O) groups is 1. The van der Waals surface area contributed by atoms with Gasteiger partial charge in [-0.2, -0.15) is 0 Å². The second-order valence-electron chi connectivity index (χ2n) is 8.80. The van der Waals surface area contributed by atoms with E-state index in [4.69, 9.17) is 14.2 Å². The molecule has 4 fully saturated rings. The van der Waals surface area contributed by atoms with Crippen molar-refractivity contribution in [3.8, 4) is 0 Å². The summed E-state index contributed by atoms with van der Waals surface area (Å²) in [6.07, 6.45) is 7.29. The number of hydrogen-bond acceptors (Lipinski definition) is 4. The molecule has 0 N–H and O–H groups in total. The van der Waals surface area contributed by atoms with Crippen molar-refractivity contribution in [2.45, 2.75) is 76.9 Å². The zero-order chi connectivity index (χ0) is 16.7. The first kappa shape index (κ1) is 17.2. The Balaban J connectivity index is 1.74. The second-order valence-corrected chi connectivity index (χ2v) is 8.80. The lowest BCUT2D eigenvalue weighted by atomic mass is 9.52. The summed E-state index contributed by atoms with van der Waals surface area (Å²) < 4.78 is 17.6. The fraction of sp³-hybridized carbons (Fsp3) is 0.947. The zero-order valence-electron chi connectivity index (χ0n) is 15.2. The van der Waals surface area contributed by atoms with Crippen LogP contribution in [0.15, 0.2) is 0 Å². The summed E-state index contributed by atoms with van der Waals surface area (Å²) in [5, 5.41) is 0. The molecule has 0 radical (unpaired) electrons. The summed E-state index contributed by atoms with van der Waals surface area (Å²) in [4.78, 5) is 12.7. The molecular weight excluding hydrogens is 292 g/mol. The molecule has 132 valence electrons. The summed E-state index contributed by atoms with van der Waals surface area (Å²) in [6.45, 7) is 7.30. The quantitative estimate of drug-likeness (QED) is 0.529. The van der Waals surface area contributed by atoms with Crippen molar-refractivity contribution < 1.29 is 19.0 Å². The molecule has 0 aromatic carbocycles. The van der Waals surface area contributed by atoms with Crippen LogP contribution in [0.1, 0.15) is 65.7 Å². The van der Waals surface area contributed by atoms with Crippen LogP contribution >= 0.6 is 0 Å². The molecule has 0 amide bonds. The molecule has 0 aliphatic heterocycles. The van der Waals surface area contributed by atoms with Gasteiger partial charge < -0.3 is 14.2 Å². The van der Waals surface area contributed by atoms with Gasteiger partial charge in [-0.3, -0.25) is 4.79 Å². The summed E-state index contributed by atoms with van der Waals surface area (Å²) in [5.41, 5.74) is -0.757. The largest absolute Gasteiger partial charge is 0.459 e. The summed E-state index contributed by atoms with van der Waals surface area (Å²) >= 11 is 0. The zero-order valence-corrected chi connectivity index (χ0v) is 15.2. The van der Waals surface area contributed by atoms with E-state index in [1.54, 1.807) is 7.11 Å². The molecule has 4 nitrogen and oxygen atoms in total. The van der Waals surface area contributed by atoms with Crippen LogP contribution in [-0.2, 0) is 19.0 Å². The summed E-state index contributed by atoms with van der Waals surface area (Å²) in [5.74, 6) is 1.27. The Hall–Kier alpha value is -0.610. The van der Waals surface area contributed by atoms with E-state index in [0.29, 0.717) is 25.0 Å². The average Bonchev–Trinajstić information content (AvgIpc) is 2.45. The van der Waals surface area contributed by atoms with Crippen LogP contribution in [0.25, 0.3) is 0 Å². The summed E-state index contributed by atoms with van der Waals surface area (Å²) in [6, 6.07) is 0. The number of rotatable bonds is 7. The smallest absolute Gasteiger partial charge is 0.312 e. The highest BCUT2D eigenvalue weighted by atomic mass is 16.6. The highest BCUT2D eigenvalue weighted by Gasteiger charge is 2.60. The Morgan fingerprint density at radius 1 is 1.09 bits per heavy atom. The molecule has 4 bridgehead atoms. The molecule has 0 spiro atoms. The van der Waals surface area contributed by atoms with E-state index < -0.39 is 5.41 Å². The maximum absolute atomic E-state index is 12.7. The molecule has 0 aromatic rings. The van der Waals surface area contributed by atoms with Gasteiger partial charge in [-0.25, -0.2) is 0 Å². The molecule has 2 unspecified atom stereocenters. The molecule has 0 saturated heterocycles.